The predicted molar refractivity (Wildman–Crippen MR) is 81.9 cm³/mol. The maximum Gasteiger partial charge on any atom is 0.0659 e. The zero-order chi connectivity index (χ0) is 14.2. The first kappa shape index (κ1) is 15.0. The summed E-state index contributed by atoms with van der Waals surface area (Å²) in [6, 6.07) is 11.1. The fraction of sp³-hybridized carbons (Fsp3) is 0.286. The molecule has 0 fully saturated rings. The van der Waals surface area contributed by atoms with Gasteiger partial charge in [-0.25, -0.2) is 0 Å². The van der Waals surface area contributed by atoms with E-state index < -0.39 is 21.6 Å². The molecular formula is C14H16N2O2S2. The molecule has 0 aliphatic rings. The SMILES string of the molecule is O=S(CCS(=O)Cc1ccccn1)Cc1ccccn1. The molecule has 0 saturated carbocycles. The van der Waals surface area contributed by atoms with Crippen molar-refractivity contribution in [1.82, 2.24) is 9.97 Å². The molecule has 2 rings (SSSR count). The van der Waals surface area contributed by atoms with Crippen LogP contribution in [-0.4, -0.2) is 29.9 Å². The van der Waals surface area contributed by atoms with E-state index in [1.807, 2.05) is 36.4 Å². The van der Waals surface area contributed by atoms with Gasteiger partial charge in [-0.15, -0.1) is 0 Å². The average molecular weight is 308 g/mol. The quantitative estimate of drug-likeness (QED) is 0.781. The normalized spacial score (nSPS) is 13.8. The van der Waals surface area contributed by atoms with Crippen molar-refractivity contribution in [3.8, 4) is 0 Å². The Morgan fingerprint density at radius 2 is 1.20 bits per heavy atom. The second-order valence-corrected chi connectivity index (χ2v) is 7.37. The van der Waals surface area contributed by atoms with Gasteiger partial charge in [-0.3, -0.25) is 18.4 Å². The Hall–Kier alpha value is -1.40. The molecule has 6 heteroatoms. The first-order chi connectivity index (χ1) is 9.74. The lowest BCUT2D eigenvalue weighted by molar-refractivity contribution is 0.677. The highest BCUT2D eigenvalue weighted by atomic mass is 32.2. The van der Waals surface area contributed by atoms with Gasteiger partial charge in [0, 0.05) is 45.5 Å². The van der Waals surface area contributed by atoms with E-state index in [2.05, 4.69) is 9.97 Å². The van der Waals surface area contributed by atoms with Crippen molar-refractivity contribution in [2.75, 3.05) is 11.5 Å². The van der Waals surface area contributed by atoms with Crippen molar-refractivity contribution in [2.24, 2.45) is 0 Å². The van der Waals surface area contributed by atoms with Crippen molar-refractivity contribution >= 4 is 21.6 Å². The molecule has 0 amide bonds. The van der Waals surface area contributed by atoms with Gasteiger partial charge in [0.15, 0.2) is 0 Å². The van der Waals surface area contributed by atoms with E-state index in [-0.39, 0.29) is 0 Å². The summed E-state index contributed by atoms with van der Waals surface area (Å²) in [4.78, 5) is 8.27. The van der Waals surface area contributed by atoms with Gasteiger partial charge in [-0.1, -0.05) is 12.1 Å². The van der Waals surface area contributed by atoms with Crippen LogP contribution in [0.15, 0.2) is 48.8 Å². The zero-order valence-electron chi connectivity index (χ0n) is 11.0. The summed E-state index contributed by atoms with van der Waals surface area (Å²) >= 11 is 0. The first-order valence-corrected chi connectivity index (χ1v) is 9.21. The van der Waals surface area contributed by atoms with Crippen LogP contribution in [0.3, 0.4) is 0 Å². The lowest BCUT2D eigenvalue weighted by atomic mass is 10.4. The Kier molecular flexibility index (Phi) is 6.01. The van der Waals surface area contributed by atoms with Crippen molar-refractivity contribution in [1.29, 1.82) is 0 Å². The van der Waals surface area contributed by atoms with Crippen LogP contribution in [0.25, 0.3) is 0 Å². The molecule has 0 aliphatic heterocycles. The lowest BCUT2D eigenvalue weighted by Gasteiger charge is -2.03. The largest absolute Gasteiger partial charge is 0.260 e. The molecule has 0 spiro atoms. The fourth-order valence-electron chi connectivity index (χ4n) is 1.63. The van der Waals surface area contributed by atoms with Gasteiger partial charge >= 0.3 is 0 Å². The zero-order valence-corrected chi connectivity index (χ0v) is 12.6. The van der Waals surface area contributed by atoms with Crippen molar-refractivity contribution < 1.29 is 8.42 Å². The van der Waals surface area contributed by atoms with E-state index in [1.165, 1.54) is 0 Å². The second-order valence-electron chi connectivity index (χ2n) is 4.22. The summed E-state index contributed by atoms with van der Waals surface area (Å²) < 4.78 is 23.8. The highest BCUT2D eigenvalue weighted by Gasteiger charge is 2.07. The Morgan fingerprint density at radius 3 is 1.55 bits per heavy atom. The van der Waals surface area contributed by atoms with Crippen LogP contribution in [0, 0.1) is 0 Å². The van der Waals surface area contributed by atoms with E-state index in [9.17, 15) is 8.42 Å². The molecule has 0 N–H and O–H groups in total. The number of rotatable bonds is 7. The topological polar surface area (TPSA) is 59.9 Å². The molecule has 2 heterocycles. The molecule has 2 unspecified atom stereocenters. The third-order valence-electron chi connectivity index (χ3n) is 2.61. The van der Waals surface area contributed by atoms with E-state index in [1.54, 1.807) is 12.4 Å². The van der Waals surface area contributed by atoms with Gasteiger partial charge in [-0.2, -0.15) is 0 Å². The lowest BCUT2D eigenvalue weighted by Crippen LogP contribution is -2.11. The highest BCUT2D eigenvalue weighted by molar-refractivity contribution is 7.88. The molecule has 0 bridgehead atoms. The summed E-state index contributed by atoms with van der Waals surface area (Å²) in [6.07, 6.45) is 3.37. The van der Waals surface area contributed by atoms with Gasteiger partial charge in [0.2, 0.25) is 0 Å². The van der Waals surface area contributed by atoms with Crippen LogP contribution < -0.4 is 0 Å². The molecule has 2 aromatic rings. The summed E-state index contributed by atoms with van der Waals surface area (Å²) in [5.74, 6) is 1.69. The average Bonchev–Trinajstić information content (AvgIpc) is 2.47. The third kappa shape index (κ3) is 5.30. The minimum absolute atomic E-state index is 0.418. The molecule has 106 valence electrons. The molecule has 4 nitrogen and oxygen atoms in total. The maximum absolute atomic E-state index is 11.9. The highest BCUT2D eigenvalue weighted by Crippen LogP contribution is 2.02. The van der Waals surface area contributed by atoms with Gasteiger partial charge in [0.05, 0.1) is 22.9 Å². The first-order valence-electron chi connectivity index (χ1n) is 6.24. The monoisotopic (exact) mass is 308 g/mol. The summed E-state index contributed by atoms with van der Waals surface area (Å²) in [6.45, 7) is 0. The van der Waals surface area contributed by atoms with Crippen LogP contribution in [-0.2, 0) is 33.1 Å². The summed E-state index contributed by atoms with van der Waals surface area (Å²) in [5, 5.41) is 0. The standard InChI is InChI=1S/C14H16N2O2S2/c17-19(11-13-5-1-3-7-15-13)9-10-20(18)12-14-6-2-4-8-16-14/h1-8H,9-12H2. The van der Waals surface area contributed by atoms with Crippen molar-refractivity contribution in [3.05, 3.63) is 60.2 Å². The van der Waals surface area contributed by atoms with Crippen LogP contribution in [0.1, 0.15) is 11.4 Å². The molecule has 0 aliphatic carbocycles. The van der Waals surface area contributed by atoms with Gasteiger partial charge in [0.1, 0.15) is 0 Å². The van der Waals surface area contributed by atoms with Gasteiger partial charge < -0.3 is 0 Å². The minimum atomic E-state index is -1.03. The van der Waals surface area contributed by atoms with Crippen molar-refractivity contribution in [2.45, 2.75) is 11.5 Å². The summed E-state index contributed by atoms with van der Waals surface area (Å²) in [7, 11) is -2.05. The molecule has 2 atom stereocenters. The minimum Gasteiger partial charge on any atom is -0.260 e. The molecule has 0 saturated heterocycles. The van der Waals surface area contributed by atoms with Gasteiger partial charge in [-0.05, 0) is 24.3 Å². The number of hydrogen-bond donors (Lipinski definition) is 0. The van der Waals surface area contributed by atoms with E-state index in [0.717, 1.165) is 11.4 Å². The third-order valence-corrected chi connectivity index (χ3v) is 5.42. The number of pyridine rings is 2. The smallest absolute Gasteiger partial charge is 0.0659 e. The van der Waals surface area contributed by atoms with Crippen LogP contribution in [0.4, 0.5) is 0 Å². The molecule has 20 heavy (non-hydrogen) atoms. The van der Waals surface area contributed by atoms with Gasteiger partial charge in [0.25, 0.3) is 0 Å². The number of nitrogens with zero attached hydrogens (tertiary/aromatic N) is 2. The Bertz CT molecular complexity index is 523. The molecular weight excluding hydrogens is 292 g/mol. The Morgan fingerprint density at radius 1 is 0.750 bits per heavy atom. The fourth-order valence-corrected chi connectivity index (χ4v) is 4.40. The van der Waals surface area contributed by atoms with Crippen LogP contribution in [0.5, 0.6) is 0 Å². The Balaban J connectivity index is 1.75. The number of hydrogen-bond acceptors (Lipinski definition) is 4. The van der Waals surface area contributed by atoms with Crippen LogP contribution >= 0.6 is 0 Å². The second kappa shape index (κ2) is 8.01. The molecule has 0 radical (unpaired) electrons. The molecule has 2 aromatic heterocycles. The van der Waals surface area contributed by atoms with Crippen LogP contribution in [0.2, 0.25) is 0 Å². The van der Waals surface area contributed by atoms with E-state index in [4.69, 9.17) is 0 Å². The summed E-state index contributed by atoms with van der Waals surface area (Å²) in [5.41, 5.74) is 1.61. The molecule has 0 aromatic carbocycles. The Labute approximate surface area is 123 Å². The number of aromatic nitrogens is 2. The van der Waals surface area contributed by atoms with E-state index >= 15 is 0 Å². The predicted octanol–water partition coefficient (Wildman–Crippen LogP) is 1.67. The van der Waals surface area contributed by atoms with E-state index in [0.29, 0.717) is 23.0 Å². The maximum atomic E-state index is 11.9. The van der Waals surface area contributed by atoms with Crippen molar-refractivity contribution in [3.63, 3.8) is 0 Å².